The van der Waals surface area contributed by atoms with E-state index in [0.29, 0.717) is 12.6 Å². The van der Waals surface area contributed by atoms with E-state index < -0.39 is 0 Å². The second-order valence-corrected chi connectivity index (χ2v) is 5.57. The number of aliphatic hydroxyl groups excluding tert-OH is 1. The minimum atomic E-state index is -0.334. The number of rotatable bonds is 7. The first-order chi connectivity index (χ1) is 8.13. The van der Waals surface area contributed by atoms with Gasteiger partial charge in [0.25, 0.3) is 0 Å². The lowest BCUT2D eigenvalue weighted by atomic mass is 9.95. The molecule has 3 atom stereocenters. The number of piperidine rings is 1. The van der Waals surface area contributed by atoms with Crippen LogP contribution in [0, 0.1) is 5.92 Å². The SMILES string of the molecule is CCCCOCC(O)CN1CC(C)CCC1C. The number of aliphatic hydroxyl groups is 1. The van der Waals surface area contributed by atoms with Gasteiger partial charge in [0.1, 0.15) is 0 Å². The molecular weight excluding hydrogens is 214 g/mol. The standard InChI is InChI=1S/C14H29NO2/c1-4-5-8-17-11-14(16)10-15-9-12(2)6-7-13(15)3/h12-14,16H,4-11H2,1-3H3. The third-order valence-corrected chi connectivity index (χ3v) is 3.64. The molecule has 1 N–H and O–H groups in total. The van der Waals surface area contributed by atoms with Crippen molar-refractivity contribution in [1.29, 1.82) is 0 Å². The predicted octanol–water partition coefficient (Wildman–Crippen LogP) is 2.28. The molecule has 1 aliphatic heterocycles. The third kappa shape index (κ3) is 5.84. The van der Waals surface area contributed by atoms with Gasteiger partial charge in [0, 0.05) is 25.7 Å². The van der Waals surface area contributed by atoms with Crippen LogP contribution in [-0.2, 0) is 4.74 Å². The van der Waals surface area contributed by atoms with Gasteiger partial charge >= 0.3 is 0 Å². The number of hydrogen-bond acceptors (Lipinski definition) is 3. The van der Waals surface area contributed by atoms with Gasteiger partial charge in [-0.2, -0.15) is 0 Å². The summed E-state index contributed by atoms with van der Waals surface area (Å²) in [5.41, 5.74) is 0. The van der Waals surface area contributed by atoms with E-state index >= 15 is 0 Å². The van der Waals surface area contributed by atoms with Crippen LogP contribution < -0.4 is 0 Å². The van der Waals surface area contributed by atoms with E-state index in [1.54, 1.807) is 0 Å². The summed E-state index contributed by atoms with van der Waals surface area (Å²) in [5, 5.41) is 9.94. The summed E-state index contributed by atoms with van der Waals surface area (Å²) < 4.78 is 5.46. The quantitative estimate of drug-likeness (QED) is 0.696. The molecule has 3 heteroatoms. The zero-order valence-corrected chi connectivity index (χ0v) is 11.7. The molecular formula is C14H29NO2. The summed E-state index contributed by atoms with van der Waals surface area (Å²) in [4.78, 5) is 2.40. The Balaban J connectivity index is 2.17. The summed E-state index contributed by atoms with van der Waals surface area (Å²) in [5.74, 6) is 0.763. The second-order valence-electron chi connectivity index (χ2n) is 5.57. The molecule has 3 nitrogen and oxygen atoms in total. The first kappa shape index (κ1) is 14.9. The summed E-state index contributed by atoms with van der Waals surface area (Å²) >= 11 is 0. The Labute approximate surface area is 106 Å². The van der Waals surface area contributed by atoms with E-state index in [9.17, 15) is 5.11 Å². The van der Waals surface area contributed by atoms with Crippen LogP contribution in [0.4, 0.5) is 0 Å². The van der Waals surface area contributed by atoms with Gasteiger partial charge in [-0.3, -0.25) is 4.90 Å². The second kappa shape index (κ2) is 8.06. The summed E-state index contributed by atoms with van der Waals surface area (Å²) in [7, 11) is 0. The van der Waals surface area contributed by atoms with Crippen molar-refractivity contribution >= 4 is 0 Å². The monoisotopic (exact) mass is 243 g/mol. The van der Waals surface area contributed by atoms with E-state index in [4.69, 9.17) is 4.74 Å². The van der Waals surface area contributed by atoms with Crippen LogP contribution in [0.1, 0.15) is 46.5 Å². The van der Waals surface area contributed by atoms with Gasteiger partial charge < -0.3 is 9.84 Å². The molecule has 1 saturated heterocycles. The molecule has 1 aliphatic rings. The van der Waals surface area contributed by atoms with Gasteiger partial charge in [0.05, 0.1) is 12.7 Å². The van der Waals surface area contributed by atoms with Crippen molar-refractivity contribution in [2.24, 2.45) is 5.92 Å². The van der Waals surface area contributed by atoms with Crippen LogP contribution in [0.2, 0.25) is 0 Å². The zero-order valence-electron chi connectivity index (χ0n) is 11.7. The van der Waals surface area contributed by atoms with Crippen molar-refractivity contribution in [3.8, 4) is 0 Å². The normalized spacial score (nSPS) is 28.2. The number of nitrogens with zero attached hydrogens (tertiary/aromatic N) is 1. The molecule has 0 aromatic carbocycles. The molecule has 0 saturated carbocycles. The highest BCUT2D eigenvalue weighted by molar-refractivity contribution is 4.78. The molecule has 1 rings (SSSR count). The molecule has 3 unspecified atom stereocenters. The molecule has 0 amide bonds. The van der Waals surface area contributed by atoms with Crippen LogP contribution in [0.3, 0.4) is 0 Å². The van der Waals surface area contributed by atoms with Crippen LogP contribution >= 0.6 is 0 Å². The fraction of sp³-hybridized carbons (Fsp3) is 1.00. The molecule has 1 fully saturated rings. The summed E-state index contributed by atoms with van der Waals surface area (Å²) in [6.07, 6.45) is 4.48. The topological polar surface area (TPSA) is 32.7 Å². The van der Waals surface area contributed by atoms with Gasteiger partial charge in [-0.15, -0.1) is 0 Å². The first-order valence-corrected chi connectivity index (χ1v) is 7.13. The lowest BCUT2D eigenvalue weighted by Crippen LogP contribution is -2.45. The maximum absolute atomic E-state index is 9.94. The van der Waals surface area contributed by atoms with Crippen LogP contribution in [0.25, 0.3) is 0 Å². The van der Waals surface area contributed by atoms with Crippen molar-refractivity contribution in [3.63, 3.8) is 0 Å². The van der Waals surface area contributed by atoms with Gasteiger partial charge in [0.2, 0.25) is 0 Å². The van der Waals surface area contributed by atoms with E-state index in [-0.39, 0.29) is 6.10 Å². The Hall–Kier alpha value is -0.120. The van der Waals surface area contributed by atoms with E-state index in [2.05, 4.69) is 25.7 Å². The molecule has 0 aliphatic carbocycles. The van der Waals surface area contributed by atoms with Crippen LogP contribution in [0.15, 0.2) is 0 Å². The minimum absolute atomic E-state index is 0.334. The van der Waals surface area contributed by atoms with Crippen molar-refractivity contribution in [2.75, 3.05) is 26.3 Å². The van der Waals surface area contributed by atoms with Gasteiger partial charge in [-0.05, 0) is 32.1 Å². The lowest BCUT2D eigenvalue weighted by Gasteiger charge is -2.37. The highest BCUT2D eigenvalue weighted by Gasteiger charge is 2.24. The number of unbranched alkanes of at least 4 members (excludes halogenated alkanes) is 1. The summed E-state index contributed by atoms with van der Waals surface area (Å²) in [6.45, 7) is 9.85. The predicted molar refractivity (Wildman–Crippen MR) is 71.2 cm³/mol. The number of likely N-dealkylation sites (tertiary alicyclic amines) is 1. The highest BCUT2D eigenvalue weighted by Crippen LogP contribution is 2.21. The fourth-order valence-corrected chi connectivity index (χ4v) is 2.42. The number of β-amino-alcohol motifs (C(OH)–C–C–N with tert-alkyl or cyclic N) is 1. The molecule has 1 heterocycles. The Bertz CT molecular complexity index is 199. The van der Waals surface area contributed by atoms with E-state index in [1.165, 1.54) is 12.8 Å². The first-order valence-electron chi connectivity index (χ1n) is 7.13. The van der Waals surface area contributed by atoms with Crippen molar-refractivity contribution < 1.29 is 9.84 Å². The zero-order chi connectivity index (χ0) is 12.7. The molecule has 17 heavy (non-hydrogen) atoms. The number of hydrogen-bond donors (Lipinski definition) is 1. The third-order valence-electron chi connectivity index (χ3n) is 3.64. The van der Waals surface area contributed by atoms with E-state index in [1.807, 2.05) is 0 Å². The van der Waals surface area contributed by atoms with Crippen molar-refractivity contribution in [3.05, 3.63) is 0 Å². The molecule has 0 bridgehead atoms. The maximum atomic E-state index is 9.94. The van der Waals surface area contributed by atoms with Crippen molar-refractivity contribution in [1.82, 2.24) is 4.90 Å². The molecule has 102 valence electrons. The average molecular weight is 243 g/mol. The van der Waals surface area contributed by atoms with E-state index in [0.717, 1.165) is 38.5 Å². The summed E-state index contributed by atoms with van der Waals surface area (Å²) in [6, 6.07) is 0.608. The van der Waals surface area contributed by atoms with Crippen LogP contribution in [0.5, 0.6) is 0 Å². The highest BCUT2D eigenvalue weighted by atomic mass is 16.5. The van der Waals surface area contributed by atoms with Gasteiger partial charge in [0.15, 0.2) is 0 Å². The smallest absolute Gasteiger partial charge is 0.0900 e. The Morgan fingerprint density at radius 1 is 1.35 bits per heavy atom. The molecule has 0 aromatic heterocycles. The van der Waals surface area contributed by atoms with Gasteiger partial charge in [-0.25, -0.2) is 0 Å². The Kier molecular flexibility index (Phi) is 7.09. The maximum Gasteiger partial charge on any atom is 0.0900 e. The minimum Gasteiger partial charge on any atom is -0.389 e. The number of ether oxygens (including phenoxy) is 1. The molecule has 0 spiro atoms. The molecule has 0 radical (unpaired) electrons. The Morgan fingerprint density at radius 2 is 2.12 bits per heavy atom. The molecule has 0 aromatic rings. The fourth-order valence-electron chi connectivity index (χ4n) is 2.42. The van der Waals surface area contributed by atoms with Crippen LogP contribution in [-0.4, -0.2) is 48.5 Å². The van der Waals surface area contributed by atoms with Crippen molar-refractivity contribution in [2.45, 2.75) is 58.6 Å². The average Bonchev–Trinajstić information content (AvgIpc) is 2.29. The van der Waals surface area contributed by atoms with Gasteiger partial charge in [-0.1, -0.05) is 20.3 Å². The lowest BCUT2D eigenvalue weighted by molar-refractivity contribution is -0.00187. The Morgan fingerprint density at radius 3 is 2.82 bits per heavy atom. The largest absolute Gasteiger partial charge is 0.389 e.